The van der Waals surface area contributed by atoms with Gasteiger partial charge in [0.1, 0.15) is 5.78 Å². The summed E-state index contributed by atoms with van der Waals surface area (Å²) < 4.78 is 0. The Bertz CT molecular complexity index is 934. The van der Waals surface area contributed by atoms with E-state index >= 15 is 0 Å². The van der Waals surface area contributed by atoms with Gasteiger partial charge in [0, 0.05) is 29.6 Å². The highest BCUT2D eigenvalue weighted by Gasteiger charge is 2.57. The Labute approximate surface area is 168 Å². The lowest BCUT2D eigenvalue weighted by Gasteiger charge is -2.58. The third kappa shape index (κ3) is 2.21. The Morgan fingerprint density at radius 3 is 2.68 bits per heavy atom. The third-order valence-corrected chi connectivity index (χ3v) is 8.73. The summed E-state index contributed by atoms with van der Waals surface area (Å²) in [5.41, 5.74) is 5.76. The van der Waals surface area contributed by atoms with Crippen molar-refractivity contribution in [2.45, 2.75) is 59.8 Å². The number of fused-ring (bicyclic) bond motifs is 5. The molecule has 1 heterocycles. The van der Waals surface area contributed by atoms with Gasteiger partial charge in [0.05, 0.1) is 0 Å². The Kier molecular flexibility index (Phi) is 3.73. The second-order valence-corrected chi connectivity index (χ2v) is 10.3. The van der Waals surface area contributed by atoms with Gasteiger partial charge in [-0.05, 0) is 74.0 Å². The highest BCUT2D eigenvalue weighted by Crippen LogP contribution is 2.66. The second kappa shape index (κ2) is 5.78. The molecule has 0 spiro atoms. The Morgan fingerprint density at radius 1 is 1.11 bits per heavy atom. The van der Waals surface area contributed by atoms with E-state index < -0.39 is 0 Å². The number of hydrogen-bond donors (Lipinski definition) is 0. The number of nitrogens with zero attached hydrogens (tertiary/aromatic N) is 1. The normalized spacial score (nSPS) is 38.6. The summed E-state index contributed by atoms with van der Waals surface area (Å²) >= 11 is 0. The molecule has 2 fully saturated rings. The van der Waals surface area contributed by atoms with Crippen molar-refractivity contribution >= 4 is 11.4 Å². The molecule has 5 rings (SSSR count). The molecule has 28 heavy (non-hydrogen) atoms. The van der Waals surface area contributed by atoms with Crippen LogP contribution in [0.1, 0.15) is 65.4 Å². The van der Waals surface area contributed by atoms with Crippen LogP contribution in [0.25, 0.3) is 5.57 Å². The molecule has 4 aliphatic rings. The first-order valence-electron chi connectivity index (χ1n) is 10.9. The molecule has 146 valence electrons. The van der Waals surface area contributed by atoms with Gasteiger partial charge in [0.25, 0.3) is 0 Å². The van der Waals surface area contributed by atoms with Gasteiger partial charge >= 0.3 is 0 Å². The maximum atomic E-state index is 12.6. The van der Waals surface area contributed by atoms with Crippen LogP contribution in [0.15, 0.2) is 53.9 Å². The summed E-state index contributed by atoms with van der Waals surface area (Å²) in [6, 6.07) is 4.24. The van der Waals surface area contributed by atoms with Gasteiger partial charge in [-0.25, -0.2) is 0 Å². The van der Waals surface area contributed by atoms with Crippen molar-refractivity contribution in [3.8, 4) is 0 Å². The van der Waals surface area contributed by atoms with Crippen molar-refractivity contribution in [3.63, 3.8) is 0 Å². The van der Waals surface area contributed by atoms with E-state index in [9.17, 15) is 4.79 Å². The van der Waals surface area contributed by atoms with Gasteiger partial charge in [-0.3, -0.25) is 9.78 Å². The van der Waals surface area contributed by atoms with Gasteiger partial charge in [-0.15, -0.1) is 0 Å². The van der Waals surface area contributed by atoms with E-state index in [0.717, 1.165) is 19.3 Å². The van der Waals surface area contributed by atoms with Crippen molar-refractivity contribution in [3.05, 3.63) is 59.5 Å². The summed E-state index contributed by atoms with van der Waals surface area (Å²) in [6.07, 6.45) is 16.4. The molecular weight excluding hydrogens is 342 g/mol. The lowest BCUT2D eigenvalue weighted by molar-refractivity contribution is -0.130. The molecule has 0 aromatic carbocycles. The fraction of sp³-hybridized carbons (Fsp3) is 0.538. The fourth-order valence-electron chi connectivity index (χ4n) is 7.16. The average Bonchev–Trinajstić information content (AvgIpc) is 3.03. The number of aromatic nitrogens is 1. The van der Waals surface area contributed by atoms with E-state index in [1.807, 2.05) is 18.5 Å². The van der Waals surface area contributed by atoms with Gasteiger partial charge in [0.15, 0.2) is 0 Å². The zero-order chi connectivity index (χ0) is 19.7. The van der Waals surface area contributed by atoms with Crippen LogP contribution >= 0.6 is 0 Å². The minimum absolute atomic E-state index is 0.131. The Morgan fingerprint density at radius 2 is 1.93 bits per heavy atom. The van der Waals surface area contributed by atoms with Crippen molar-refractivity contribution in [2.75, 3.05) is 0 Å². The quantitative estimate of drug-likeness (QED) is 0.552. The lowest BCUT2D eigenvalue weighted by atomic mass is 9.46. The smallest absolute Gasteiger partial charge is 0.142 e. The van der Waals surface area contributed by atoms with Crippen LogP contribution in [0.4, 0.5) is 0 Å². The molecule has 0 aliphatic heterocycles. The topological polar surface area (TPSA) is 30.0 Å². The molecule has 0 N–H and O–H groups in total. The van der Waals surface area contributed by atoms with Crippen molar-refractivity contribution in [2.24, 2.45) is 28.1 Å². The predicted molar refractivity (Wildman–Crippen MR) is 113 cm³/mol. The minimum Gasteiger partial charge on any atom is -0.299 e. The molecule has 1 aromatic rings. The second-order valence-electron chi connectivity index (χ2n) is 10.3. The average molecular weight is 374 g/mol. The number of rotatable bonds is 1. The van der Waals surface area contributed by atoms with Gasteiger partial charge < -0.3 is 0 Å². The molecule has 2 saturated carbocycles. The molecule has 4 unspecified atom stereocenters. The van der Waals surface area contributed by atoms with E-state index in [1.54, 1.807) is 5.57 Å². The zero-order valence-corrected chi connectivity index (χ0v) is 17.6. The van der Waals surface area contributed by atoms with E-state index in [2.05, 4.69) is 57.0 Å². The Hall–Kier alpha value is -1.96. The lowest BCUT2D eigenvalue weighted by Crippen LogP contribution is -2.51. The van der Waals surface area contributed by atoms with Crippen LogP contribution in [0, 0.1) is 28.1 Å². The first kappa shape index (κ1) is 18.1. The van der Waals surface area contributed by atoms with E-state index in [4.69, 9.17) is 0 Å². The van der Waals surface area contributed by atoms with Crippen LogP contribution in [0.3, 0.4) is 0 Å². The number of pyridine rings is 1. The van der Waals surface area contributed by atoms with Gasteiger partial charge in [-0.1, -0.05) is 49.3 Å². The van der Waals surface area contributed by atoms with Crippen LogP contribution in [0.5, 0.6) is 0 Å². The third-order valence-electron chi connectivity index (χ3n) is 8.73. The summed E-state index contributed by atoms with van der Waals surface area (Å²) in [5, 5.41) is 0. The summed E-state index contributed by atoms with van der Waals surface area (Å²) in [6.45, 7) is 9.21. The van der Waals surface area contributed by atoms with Crippen LogP contribution in [-0.2, 0) is 4.79 Å². The van der Waals surface area contributed by atoms with E-state index in [-0.39, 0.29) is 16.2 Å². The number of allylic oxidation sites excluding steroid dienone is 6. The fourth-order valence-corrected chi connectivity index (χ4v) is 7.16. The summed E-state index contributed by atoms with van der Waals surface area (Å²) in [4.78, 5) is 17.0. The summed E-state index contributed by atoms with van der Waals surface area (Å²) in [5.74, 6) is 1.68. The largest absolute Gasteiger partial charge is 0.299 e. The molecule has 0 radical (unpaired) electrons. The molecular formula is C26H31NO. The highest BCUT2D eigenvalue weighted by atomic mass is 16.1. The number of Topliss-reactive ketones (excluding diaryl/α,β-unsaturated/α-hetero) is 1. The highest BCUT2D eigenvalue weighted by molar-refractivity contribution is 5.89. The molecule has 2 heteroatoms. The predicted octanol–water partition coefficient (Wildman–Crippen LogP) is 6.16. The monoisotopic (exact) mass is 373 g/mol. The maximum absolute atomic E-state index is 12.6. The number of carbonyl (C=O) groups is 1. The van der Waals surface area contributed by atoms with Gasteiger partial charge in [0.2, 0.25) is 0 Å². The molecule has 1 aromatic heterocycles. The zero-order valence-electron chi connectivity index (χ0n) is 17.6. The molecule has 4 aliphatic carbocycles. The molecule has 0 amide bonds. The maximum Gasteiger partial charge on any atom is 0.142 e. The standard InChI is InChI=1S/C26H31NO/c1-24(2)22-10-7-18-20-9-8-19(17-6-5-15-27-16-17)25(20,3)13-11-21(18)26(22,4)14-12-23(24)28/h5-6,8-10,15-16,18,21H,7,11-14H2,1-4H3. The molecule has 0 bridgehead atoms. The van der Waals surface area contributed by atoms with Gasteiger partial charge in [-0.2, -0.15) is 0 Å². The van der Waals surface area contributed by atoms with Crippen molar-refractivity contribution in [1.29, 1.82) is 0 Å². The molecule has 4 atom stereocenters. The van der Waals surface area contributed by atoms with Crippen molar-refractivity contribution in [1.82, 2.24) is 4.98 Å². The van der Waals surface area contributed by atoms with E-state index in [1.165, 1.54) is 29.6 Å². The molecule has 0 saturated heterocycles. The Balaban J connectivity index is 1.53. The number of hydrogen-bond acceptors (Lipinski definition) is 2. The first-order chi connectivity index (χ1) is 13.3. The van der Waals surface area contributed by atoms with Crippen molar-refractivity contribution < 1.29 is 4.79 Å². The van der Waals surface area contributed by atoms with Crippen LogP contribution < -0.4 is 0 Å². The first-order valence-corrected chi connectivity index (χ1v) is 10.9. The summed E-state index contributed by atoms with van der Waals surface area (Å²) in [7, 11) is 0. The van der Waals surface area contributed by atoms with Crippen LogP contribution in [-0.4, -0.2) is 10.8 Å². The SMILES string of the molecule is CC1(C)C(=O)CCC2(C)C1=CCC1C3=CC=C(c4cccnc4)C3(C)CCC12. The number of ketones is 1. The van der Waals surface area contributed by atoms with E-state index in [0.29, 0.717) is 17.6 Å². The number of carbonyl (C=O) groups excluding carboxylic acids is 1. The molecule has 2 nitrogen and oxygen atoms in total. The van der Waals surface area contributed by atoms with Crippen LogP contribution in [0.2, 0.25) is 0 Å². The minimum atomic E-state index is -0.290.